The van der Waals surface area contributed by atoms with Crippen molar-refractivity contribution >= 4 is 0 Å². The van der Waals surface area contributed by atoms with E-state index in [0.29, 0.717) is 6.54 Å². The maximum Gasteiger partial charge on any atom is 0.0945 e. The molecule has 0 radical (unpaired) electrons. The van der Waals surface area contributed by atoms with Crippen LogP contribution in [0.5, 0.6) is 0 Å². The Balaban J connectivity index is 2.33. The van der Waals surface area contributed by atoms with Gasteiger partial charge in [-0.25, -0.2) is 0 Å². The van der Waals surface area contributed by atoms with Crippen molar-refractivity contribution in [1.82, 2.24) is 0 Å². The minimum absolute atomic E-state index is 0.0388. The lowest BCUT2D eigenvalue weighted by Gasteiger charge is -2.40. The first-order valence-corrected chi connectivity index (χ1v) is 4.10. The van der Waals surface area contributed by atoms with Crippen molar-refractivity contribution in [2.75, 3.05) is 19.8 Å². The zero-order valence-electron chi connectivity index (χ0n) is 7.17. The molecule has 0 aliphatic carbocycles. The van der Waals surface area contributed by atoms with Crippen molar-refractivity contribution in [2.24, 2.45) is 5.73 Å². The van der Waals surface area contributed by atoms with Crippen molar-refractivity contribution in [2.45, 2.75) is 12.3 Å². The van der Waals surface area contributed by atoms with E-state index in [1.165, 1.54) is 11.1 Å². The highest BCUT2D eigenvalue weighted by molar-refractivity contribution is 5.31. The standard InChI is InChI=1S/C9H13NO2/c1-7-2-11-3-8(7)9(4-10)5-12-6-9/h2-3H,4-6,10H2,1H3. The van der Waals surface area contributed by atoms with Crippen LogP contribution in [0.3, 0.4) is 0 Å². The van der Waals surface area contributed by atoms with E-state index < -0.39 is 0 Å². The fourth-order valence-corrected chi connectivity index (χ4v) is 1.64. The fraction of sp³-hybridized carbons (Fsp3) is 0.556. The van der Waals surface area contributed by atoms with E-state index >= 15 is 0 Å². The van der Waals surface area contributed by atoms with E-state index in [4.69, 9.17) is 14.9 Å². The maximum atomic E-state index is 5.71. The Morgan fingerprint density at radius 3 is 2.58 bits per heavy atom. The highest BCUT2D eigenvalue weighted by Crippen LogP contribution is 2.33. The summed E-state index contributed by atoms with van der Waals surface area (Å²) in [5.74, 6) is 0. The first-order chi connectivity index (χ1) is 5.78. The highest BCUT2D eigenvalue weighted by atomic mass is 16.5. The minimum Gasteiger partial charge on any atom is -0.472 e. The summed E-state index contributed by atoms with van der Waals surface area (Å²) in [6, 6.07) is 0. The second-order valence-electron chi connectivity index (χ2n) is 3.45. The molecule has 0 unspecified atom stereocenters. The molecule has 1 aliphatic rings. The van der Waals surface area contributed by atoms with Crippen molar-refractivity contribution < 1.29 is 9.15 Å². The SMILES string of the molecule is Cc1cocc1C1(CN)COC1. The van der Waals surface area contributed by atoms with Gasteiger partial charge < -0.3 is 14.9 Å². The van der Waals surface area contributed by atoms with Crippen LogP contribution in [0, 0.1) is 6.92 Å². The van der Waals surface area contributed by atoms with Crippen LogP contribution in [0.1, 0.15) is 11.1 Å². The number of rotatable bonds is 2. The van der Waals surface area contributed by atoms with Gasteiger partial charge in [-0.05, 0) is 12.5 Å². The van der Waals surface area contributed by atoms with Gasteiger partial charge in [-0.15, -0.1) is 0 Å². The minimum atomic E-state index is 0.0388. The molecule has 3 nitrogen and oxygen atoms in total. The van der Waals surface area contributed by atoms with E-state index in [1.807, 2.05) is 6.92 Å². The van der Waals surface area contributed by atoms with Gasteiger partial charge in [0.25, 0.3) is 0 Å². The maximum absolute atomic E-state index is 5.71. The summed E-state index contributed by atoms with van der Waals surface area (Å²) in [7, 11) is 0. The first kappa shape index (κ1) is 7.83. The highest BCUT2D eigenvalue weighted by Gasteiger charge is 2.40. The van der Waals surface area contributed by atoms with Crippen molar-refractivity contribution in [3.8, 4) is 0 Å². The van der Waals surface area contributed by atoms with Crippen molar-refractivity contribution in [3.05, 3.63) is 23.7 Å². The van der Waals surface area contributed by atoms with Gasteiger partial charge in [-0.1, -0.05) is 0 Å². The molecule has 0 aromatic carbocycles. The molecule has 0 spiro atoms. The summed E-state index contributed by atoms with van der Waals surface area (Å²) in [5, 5.41) is 0. The molecule has 1 aliphatic heterocycles. The summed E-state index contributed by atoms with van der Waals surface area (Å²) >= 11 is 0. The Morgan fingerprint density at radius 1 is 1.50 bits per heavy atom. The lowest BCUT2D eigenvalue weighted by molar-refractivity contribution is -0.0555. The molecular weight excluding hydrogens is 154 g/mol. The van der Waals surface area contributed by atoms with Gasteiger partial charge in [0.2, 0.25) is 0 Å². The summed E-state index contributed by atoms with van der Waals surface area (Å²) in [6.45, 7) is 4.12. The molecule has 12 heavy (non-hydrogen) atoms. The third kappa shape index (κ3) is 0.901. The normalized spacial score (nSPS) is 20.5. The van der Waals surface area contributed by atoms with E-state index in [0.717, 1.165) is 13.2 Å². The zero-order valence-corrected chi connectivity index (χ0v) is 7.17. The summed E-state index contributed by atoms with van der Waals surface area (Å²) in [4.78, 5) is 0. The molecule has 0 bridgehead atoms. The van der Waals surface area contributed by atoms with E-state index in [1.54, 1.807) is 12.5 Å². The van der Waals surface area contributed by atoms with Crippen LogP contribution < -0.4 is 5.73 Å². The average molecular weight is 167 g/mol. The van der Waals surface area contributed by atoms with E-state index in [-0.39, 0.29) is 5.41 Å². The molecule has 0 atom stereocenters. The van der Waals surface area contributed by atoms with Crippen LogP contribution >= 0.6 is 0 Å². The molecule has 66 valence electrons. The van der Waals surface area contributed by atoms with Crippen LogP contribution in [0.25, 0.3) is 0 Å². The smallest absolute Gasteiger partial charge is 0.0945 e. The summed E-state index contributed by atoms with van der Waals surface area (Å²) < 4.78 is 10.3. The van der Waals surface area contributed by atoms with E-state index in [9.17, 15) is 0 Å². The molecule has 1 aromatic rings. The number of hydrogen-bond donors (Lipinski definition) is 1. The number of nitrogens with two attached hydrogens (primary N) is 1. The molecule has 1 saturated heterocycles. The predicted octanol–water partition coefficient (Wildman–Crippen LogP) is 0.815. The van der Waals surface area contributed by atoms with Gasteiger partial charge in [-0.2, -0.15) is 0 Å². The van der Waals surface area contributed by atoms with Gasteiger partial charge in [0.05, 0.1) is 31.2 Å². The second kappa shape index (κ2) is 2.61. The third-order valence-corrected chi connectivity index (χ3v) is 2.57. The molecule has 0 amide bonds. The Bertz CT molecular complexity index is 270. The predicted molar refractivity (Wildman–Crippen MR) is 45.0 cm³/mol. The number of hydrogen-bond acceptors (Lipinski definition) is 3. The molecule has 0 saturated carbocycles. The monoisotopic (exact) mass is 167 g/mol. The van der Waals surface area contributed by atoms with Crippen LogP contribution in [0.15, 0.2) is 16.9 Å². The van der Waals surface area contributed by atoms with Crippen LogP contribution in [-0.4, -0.2) is 19.8 Å². The van der Waals surface area contributed by atoms with Gasteiger partial charge in [0, 0.05) is 12.1 Å². The van der Waals surface area contributed by atoms with Gasteiger partial charge in [-0.3, -0.25) is 0 Å². The summed E-state index contributed by atoms with van der Waals surface area (Å²) in [6.07, 6.45) is 3.54. The molecule has 3 heteroatoms. The molecule has 1 aromatic heterocycles. The third-order valence-electron chi connectivity index (χ3n) is 2.57. The Morgan fingerprint density at radius 2 is 2.25 bits per heavy atom. The van der Waals surface area contributed by atoms with Gasteiger partial charge >= 0.3 is 0 Å². The zero-order chi connectivity index (χ0) is 8.60. The van der Waals surface area contributed by atoms with Crippen molar-refractivity contribution in [1.29, 1.82) is 0 Å². The molecular formula is C9H13NO2. The molecule has 1 fully saturated rings. The van der Waals surface area contributed by atoms with Gasteiger partial charge in [0.1, 0.15) is 0 Å². The van der Waals surface area contributed by atoms with Crippen molar-refractivity contribution in [3.63, 3.8) is 0 Å². The van der Waals surface area contributed by atoms with E-state index in [2.05, 4.69) is 0 Å². The molecule has 2 rings (SSSR count). The number of aryl methyl sites for hydroxylation is 1. The average Bonchev–Trinajstić information content (AvgIpc) is 2.36. The van der Waals surface area contributed by atoms with Gasteiger partial charge in [0.15, 0.2) is 0 Å². The van der Waals surface area contributed by atoms with Crippen LogP contribution in [0.2, 0.25) is 0 Å². The van der Waals surface area contributed by atoms with Crippen LogP contribution in [0.4, 0.5) is 0 Å². The number of ether oxygens (including phenoxy) is 1. The Hall–Kier alpha value is -0.800. The molecule has 2 N–H and O–H groups in total. The topological polar surface area (TPSA) is 48.4 Å². The lowest BCUT2D eigenvalue weighted by Crippen LogP contribution is -2.52. The molecule has 2 heterocycles. The second-order valence-corrected chi connectivity index (χ2v) is 3.45. The Kier molecular flexibility index (Phi) is 1.70. The lowest BCUT2D eigenvalue weighted by atomic mass is 9.78. The Labute approximate surface area is 71.5 Å². The summed E-state index contributed by atoms with van der Waals surface area (Å²) in [5.41, 5.74) is 8.12. The van der Waals surface area contributed by atoms with Crippen LogP contribution in [-0.2, 0) is 10.2 Å². The quantitative estimate of drug-likeness (QED) is 0.709. The largest absolute Gasteiger partial charge is 0.472 e. The first-order valence-electron chi connectivity index (χ1n) is 4.10. The fourth-order valence-electron chi connectivity index (χ4n) is 1.64. The number of furan rings is 1.